The Morgan fingerprint density at radius 3 is 2.66 bits per heavy atom. The van der Waals surface area contributed by atoms with E-state index in [0.717, 1.165) is 46.4 Å². The van der Waals surface area contributed by atoms with E-state index in [1.165, 1.54) is 11.0 Å². The van der Waals surface area contributed by atoms with Gasteiger partial charge in [-0.25, -0.2) is 4.98 Å². The van der Waals surface area contributed by atoms with Crippen LogP contribution in [0.15, 0.2) is 66.7 Å². The fraction of sp³-hybridized carbons (Fsp3) is 0.235. The highest BCUT2D eigenvalue weighted by Gasteiger charge is 2.23. The van der Waals surface area contributed by atoms with Gasteiger partial charge in [0.1, 0.15) is 17.9 Å². The van der Waals surface area contributed by atoms with E-state index in [-0.39, 0.29) is 30.0 Å². The molecule has 5 rings (SSSR count). The Labute approximate surface area is 266 Å². The zero-order chi connectivity index (χ0) is 31.4. The minimum atomic E-state index is -0.418. The molecule has 0 saturated carbocycles. The largest absolute Gasteiger partial charge is 0.487 e. The molecule has 0 unspecified atom stereocenters. The number of fused-ring (bicyclic) bond motifs is 1. The Morgan fingerprint density at radius 2 is 1.91 bits per heavy atom. The van der Waals surface area contributed by atoms with E-state index in [2.05, 4.69) is 10.3 Å². The van der Waals surface area contributed by atoms with Crippen molar-refractivity contribution in [2.75, 3.05) is 29.9 Å². The zero-order valence-corrected chi connectivity index (χ0v) is 26.2. The lowest BCUT2D eigenvalue weighted by Crippen LogP contribution is -2.37. The Kier molecular flexibility index (Phi) is 9.52. The highest BCUT2D eigenvalue weighted by Crippen LogP contribution is 2.35. The lowest BCUT2D eigenvalue weighted by atomic mass is 10.1. The number of halogens is 2. The van der Waals surface area contributed by atoms with Crippen molar-refractivity contribution in [2.45, 2.75) is 33.3 Å². The summed E-state index contributed by atoms with van der Waals surface area (Å²) < 4.78 is 6.09. The van der Waals surface area contributed by atoms with Gasteiger partial charge >= 0.3 is 0 Å². The number of anilines is 2. The normalized spacial score (nSPS) is 13.1. The SMILES string of the molecule is Cc1ccc2cccc(OCc3c(Cl)ccc(N(C)C(=O)CNC(=O)C=Cc4ccc(N5CCCC5=O)c(C)c4)c3Cl)c2n1. The van der Waals surface area contributed by atoms with Crippen LogP contribution in [-0.4, -0.2) is 42.8 Å². The van der Waals surface area contributed by atoms with Gasteiger partial charge in [0, 0.05) is 53.4 Å². The fourth-order valence-electron chi connectivity index (χ4n) is 5.10. The van der Waals surface area contributed by atoms with Crippen LogP contribution in [0.4, 0.5) is 11.4 Å². The number of likely N-dealkylation sites (N-methyl/N-ethyl adjacent to an activating group) is 1. The first-order valence-electron chi connectivity index (χ1n) is 14.2. The second-order valence-corrected chi connectivity index (χ2v) is 11.4. The van der Waals surface area contributed by atoms with Crippen molar-refractivity contribution in [1.82, 2.24) is 10.3 Å². The maximum Gasteiger partial charge on any atom is 0.246 e. The molecule has 0 radical (unpaired) electrons. The maximum atomic E-state index is 13.0. The number of aryl methyl sites for hydroxylation is 2. The molecule has 0 aliphatic carbocycles. The van der Waals surface area contributed by atoms with Crippen LogP contribution in [0.3, 0.4) is 0 Å². The number of rotatable bonds is 9. The van der Waals surface area contributed by atoms with Crippen LogP contribution in [0.25, 0.3) is 17.0 Å². The zero-order valence-electron chi connectivity index (χ0n) is 24.7. The van der Waals surface area contributed by atoms with Crippen LogP contribution < -0.4 is 19.9 Å². The maximum absolute atomic E-state index is 13.0. The van der Waals surface area contributed by atoms with Gasteiger partial charge in [0.2, 0.25) is 17.7 Å². The number of ether oxygens (including phenoxy) is 1. The Balaban J connectivity index is 1.20. The summed E-state index contributed by atoms with van der Waals surface area (Å²) in [5, 5.41) is 4.25. The summed E-state index contributed by atoms with van der Waals surface area (Å²) in [5.41, 5.74) is 5.22. The van der Waals surface area contributed by atoms with Gasteiger partial charge in [0.25, 0.3) is 0 Å². The minimum absolute atomic E-state index is 0.0681. The molecule has 1 fully saturated rings. The highest BCUT2D eigenvalue weighted by atomic mass is 35.5. The third-order valence-electron chi connectivity index (χ3n) is 7.52. The lowest BCUT2D eigenvalue weighted by Gasteiger charge is -2.21. The third kappa shape index (κ3) is 6.87. The first-order valence-corrected chi connectivity index (χ1v) is 15.0. The molecule has 4 aromatic rings. The summed E-state index contributed by atoms with van der Waals surface area (Å²) in [7, 11) is 1.58. The van der Waals surface area contributed by atoms with Crippen LogP contribution in [0.2, 0.25) is 10.0 Å². The van der Waals surface area contributed by atoms with Gasteiger partial charge in [-0.3, -0.25) is 14.4 Å². The molecule has 1 aliphatic heterocycles. The van der Waals surface area contributed by atoms with Gasteiger partial charge in [-0.15, -0.1) is 0 Å². The van der Waals surface area contributed by atoms with Crippen molar-refractivity contribution < 1.29 is 19.1 Å². The van der Waals surface area contributed by atoms with Gasteiger partial charge in [-0.05, 0) is 73.9 Å². The first kappa shape index (κ1) is 31.0. The quantitative estimate of drug-likeness (QED) is 0.209. The molecule has 44 heavy (non-hydrogen) atoms. The van der Waals surface area contributed by atoms with E-state index < -0.39 is 5.91 Å². The number of pyridine rings is 1. The predicted octanol–water partition coefficient (Wildman–Crippen LogP) is 6.66. The molecule has 1 aromatic heterocycles. The molecule has 2 heterocycles. The molecule has 0 spiro atoms. The molecule has 0 atom stereocenters. The van der Waals surface area contributed by atoms with E-state index in [4.69, 9.17) is 27.9 Å². The Bertz CT molecular complexity index is 1790. The van der Waals surface area contributed by atoms with E-state index in [1.54, 1.807) is 30.2 Å². The molecule has 1 aliphatic rings. The summed E-state index contributed by atoms with van der Waals surface area (Å²) in [6.07, 6.45) is 4.47. The monoisotopic (exact) mass is 630 g/mol. The molecule has 3 amide bonds. The molecular formula is C34H32Cl2N4O4. The molecule has 8 nitrogen and oxygen atoms in total. The number of para-hydroxylation sites is 1. The van der Waals surface area contributed by atoms with Crippen molar-refractivity contribution in [2.24, 2.45) is 0 Å². The van der Waals surface area contributed by atoms with Crippen molar-refractivity contribution >= 4 is 69.3 Å². The second-order valence-electron chi connectivity index (χ2n) is 10.6. The van der Waals surface area contributed by atoms with Gasteiger partial charge in [-0.2, -0.15) is 0 Å². The molecule has 1 N–H and O–H groups in total. The number of aromatic nitrogens is 1. The van der Waals surface area contributed by atoms with E-state index in [9.17, 15) is 14.4 Å². The predicted molar refractivity (Wildman–Crippen MR) is 175 cm³/mol. The number of hydrogen-bond donors (Lipinski definition) is 1. The minimum Gasteiger partial charge on any atom is -0.487 e. The summed E-state index contributed by atoms with van der Waals surface area (Å²) >= 11 is 13.2. The molecule has 10 heteroatoms. The lowest BCUT2D eigenvalue weighted by molar-refractivity contribution is -0.122. The van der Waals surface area contributed by atoms with Crippen molar-refractivity contribution in [3.63, 3.8) is 0 Å². The third-order valence-corrected chi connectivity index (χ3v) is 8.30. The van der Waals surface area contributed by atoms with Gasteiger partial charge < -0.3 is 19.9 Å². The number of carbonyl (C=O) groups is 3. The van der Waals surface area contributed by atoms with E-state index in [0.29, 0.717) is 28.4 Å². The number of nitrogens with one attached hydrogen (secondary N) is 1. The Morgan fingerprint density at radius 1 is 1.09 bits per heavy atom. The topological polar surface area (TPSA) is 91.8 Å². The summed E-state index contributed by atoms with van der Waals surface area (Å²) in [6, 6.07) is 18.6. The van der Waals surface area contributed by atoms with Crippen molar-refractivity contribution in [1.29, 1.82) is 0 Å². The summed E-state index contributed by atoms with van der Waals surface area (Å²) in [4.78, 5) is 45.3. The number of nitrogens with zero attached hydrogens (tertiary/aromatic N) is 3. The van der Waals surface area contributed by atoms with Crippen molar-refractivity contribution in [3.8, 4) is 5.75 Å². The highest BCUT2D eigenvalue weighted by molar-refractivity contribution is 6.38. The number of benzene rings is 3. The van der Waals surface area contributed by atoms with Gasteiger partial charge in [-0.1, -0.05) is 47.5 Å². The number of hydrogen-bond acceptors (Lipinski definition) is 5. The van der Waals surface area contributed by atoms with Crippen LogP contribution in [0, 0.1) is 13.8 Å². The van der Waals surface area contributed by atoms with Crippen LogP contribution in [0.1, 0.15) is 35.2 Å². The summed E-state index contributed by atoms with van der Waals surface area (Å²) in [5.74, 6) is -0.0643. The van der Waals surface area contributed by atoms with Crippen LogP contribution >= 0.6 is 23.2 Å². The average molecular weight is 632 g/mol. The van der Waals surface area contributed by atoms with Crippen molar-refractivity contribution in [3.05, 3.63) is 99.2 Å². The second kappa shape index (κ2) is 13.5. The van der Waals surface area contributed by atoms with E-state index >= 15 is 0 Å². The van der Waals surface area contributed by atoms with Crippen LogP contribution in [-0.2, 0) is 21.0 Å². The van der Waals surface area contributed by atoms with E-state index in [1.807, 2.05) is 62.4 Å². The van der Waals surface area contributed by atoms with Gasteiger partial charge in [0.15, 0.2) is 0 Å². The van der Waals surface area contributed by atoms with Gasteiger partial charge in [0.05, 0.1) is 17.3 Å². The molecular weight excluding hydrogens is 599 g/mol. The standard InChI is InChI=1S/C34H32Cl2N4O4/c1-21-18-23(10-14-27(21)40-17-5-8-31(40)42)11-16-30(41)37-19-32(43)39(3)28-15-13-26(35)25(33(28)36)20-44-29-7-4-6-24-12-9-22(2)38-34(24)29/h4,6-7,9-16,18H,5,8,17,19-20H2,1-3H3,(H,37,41). The Hall–Kier alpha value is -4.40. The smallest absolute Gasteiger partial charge is 0.246 e. The first-order chi connectivity index (χ1) is 21.1. The summed E-state index contributed by atoms with van der Waals surface area (Å²) in [6.45, 7) is 4.41. The fourth-order valence-corrected chi connectivity index (χ4v) is 5.70. The number of carbonyl (C=O) groups excluding carboxylic acids is 3. The molecule has 0 bridgehead atoms. The molecule has 226 valence electrons. The number of amides is 3. The average Bonchev–Trinajstić information content (AvgIpc) is 3.43. The van der Waals surface area contributed by atoms with Crippen LogP contribution in [0.5, 0.6) is 5.75 Å². The molecule has 3 aromatic carbocycles. The molecule has 1 saturated heterocycles.